The highest BCUT2D eigenvalue weighted by Crippen LogP contribution is 2.51. The predicted octanol–water partition coefficient (Wildman–Crippen LogP) is 6.66. The highest BCUT2D eigenvalue weighted by atomic mass is 35.5. The molecule has 1 saturated heterocycles. The third-order valence-electron chi connectivity index (χ3n) is 6.02. The summed E-state index contributed by atoms with van der Waals surface area (Å²) in [5, 5.41) is 2.33. The number of amides is 1. The van der Waals surface area contributed by atoms with E-state index in [4.69, 9.17) is 21.3 Å². The molecule has 166 valence electrons. The van der Waals surface area contributed by atoms with E-state index in [0.29, 0.717) is 5.02 Å². The molecule has 3 aliphatic rings. The molecule has 1 saturated carbocycles. The van der Waals surface area contributed by atoms with Crippen LogP contribution in [0.4, 0.5) is 11.4 Å². The lowest BCUT2D eigenvalue weighted by atomic mass is 9.94. The quantitative estimate of drug-likeness (QED) is 0.455. The summed E-state index contributed by atoms with van der Waals surface area (Å²) in [6, 6.07) is 13.7. The standard InChI is InChI=1S/C24H24ClN3O2S2/c1-27-19-14-18(30-2)11-12-20(19)31-23(27)21-22(29)28(17-9-4-3-5-10-17)24(32-21)26-16-8-6-7-15(25)13-16/h6-8,11-14,17H,3-5,9-10H2,1-2H3/b23-21-,26-24?. The van der Waals surface area contributed by atoms with Crippen LogP contribution in [0.3, 0.4) is 0 Å². The molecule has 0 unspecified atom stereocenters. The fourth-order valence-corrected chi connectivity index (χ4v) is 6.93. The molecular formula is C24H24ClN3O2S2. The number of thioether (sulfide) groups is 2. The van der Waals surface area contributed by atoms with Gasteiger partial charge in [0.1, 0.15) is 10.7 Å². The zero-order valence-corrected chi connectivity index (χ0v) is 20.4. The lowest BCUT2D eigenvalue weighted by Gasteiger charge is -2.30. The minimum atomic E-state index is 0.0526. The summed E-state index contributed by atoms with van der Waals surface area (Å²) >= 11 is 9.29. The van der Waals surface area contributed by atoms with Gasteiger partial charge in [0.25, 0.3) is 5.91 Å². The molecule has 2 fully saturated rings. The molecule has 0 aromatic heterocycles. The van der Waals surface area contributed by atoms with Gasteiger partial charge in [-0.15, -0.1) is 0 Å². The van der Waals surface area contributed by atoms with Gasteiger partial charge in [-0.3, -0.25) is 9.69 Å². The number of benzene rings is 2. The van der Waals surface area contributed by atoms with Crippen LogP contribution in [0.15, 0.2) is 62.3 Å². The highest BCUT2D eigenvalue weighted by molar-refractivity contribution is 8.19. The molecule has 2 aromatic carbocycles. The SMILES string of the molecule is COc1ccc2c(c1)N(C)/C(=C1/SC(=Nc3cccc(Cl)c3)N(C3CCCCC3)C1=O)S2. The summed E-state index contributed by atoms with van der Waals surface area (Å²) in [7, 11) is 3.67. The van der Waals surface area contributed by atoms with Crippen LogP contribution in [-0.4, -0.2) is 36.2 Å². The van der Waals surface area contributed by atoms with Crippen LogP contribution in [0.2, 0.25) is 5.02 Å². The lowest BCUT2D eigenvalue weighted by molar-refractivity contribution is -0.124. The van der Waals surface area contributed by atoms with Crippen molar-refractivity contribution in [3.05, 3.63) is 57.4 Å². The number of hydrogen-bond acceptors (Lipinski definition) is 6. The Hall–Kier alpha value is -2.09. The minimum absolute atomic E-state index is 0.0526. The van der Waals surface area contributed by atoms with Crippen LogP contribution >= 0.6 is 35.1 Å². The average Bonchev–Trinajstić information content (AvgIpc) is 3.30. The second-order valence-corrected chi connectivity index (χ2v) is 10.5. The van der Waals surface area contributed by atoms with Crippen molar-refractivity contribution < 1.29 is 9.53 Å². The molecular weight excluding hydrogens is 462 g/mol. The third kappa shape index (κ3) is 4.02. The van der Waals surface area contributed by atoms with Gasteiger partial charge in [-0.05, 0) is 54.9 Å². The number of fused-ring (bicyclic) bond motifs is 1. The van der Waals surface area contributed by atoms with E-state index in [-0.39, 0.29) is 11.9 Å². The molecule has 1 amide bonds. The first-order valence-corrected chi connectivity index (χ1v) is 12.8. The zero-order valence-electron chi connectivity index (χ0n) is 18.0. The van der Waals surface area contributed by atoms with Gasteiger partial charge in [0.05, 0.1) is 23.5 Å². The van der Waals surface area contributed by atoms with Crippen molar-refractivity contribution in [3.8, 4) is 5.75 Å². The topological polar surface area (TPSA) is 45.1 Å². The lowest BCUT2D eigenvalue weighted by Crippen LogP contribution is -2.40. The van der Waals surface area contributed by atoms with Gasteiger partial charge in [-0.2, -0.15) is 0 Å². The Morgan fingerprint density at radius 1 is 1.09 bits per heavy atom. The number of halogens is 1. The minimum Gasteiger partial charge on any atom is -0.497 e. The molecule has 2 aromatic rings. The maximum Gasteiger partial charge on any atom is 0.269 e. The van der Waals surface area contributed by atoms with E-state index in [0.717, 1.165) is 62.8 Å². The van der Waals surface area contributed by atoms with Gasteiger partial charge in [-0.1, -0.05) is 48.7 Å². The first kappa shape index (κ1) is 21.7. The summed E-state index contributed by atoms with van der Waals surface area (Å²) in [5.74, 6) is 0.858. The number of aliphatic imine (C=N–C) groups is 1. The van der Waals surface area contributed by atoms with Crippen molar-refractivity contribution in [2.75, 3.05) is 19.1 Å². The van der Waals surface area contributed by atoms with Crippen molar-refractivity contribution >= 4 is 57.6 Å². The number of amidine groups is 1. The van der Waals surface area contributed by atoms with Gasteiger partial charge < -0.3 is 9.64 Å². The van der Waals surface area contributed by atoms with Crippen molar-refractivity contribution in [1.29, 1.82) is 0 Å². The summed E-state index contributed by atoms with van der Waals surface area (Å²) in [5.41, 5.74) is 1.81. The Labute approximate surface area is 201 Å². The Balaban J connectivity index is 1.55. The molecule has 0 atom stereocenters. The predicted molar refractivity (Wildman–Crippen MR) is 134 cm³/mol. The summed E-state index contributed by atoms with van der Waals surface area (Å²) in [4.78, 5) is 24.5. The number of methoxy groups -OCH3 is 1. The highest BCUT2D eigenvalue weighted by Gasteiger charge is 2.42. The number of anilines is 1. The number of rotatable bonds is 3. The summed E-state index contributed by atoms with van der Waals surface area (Å²) in [6.07, 6.45) is 5.56. The second-order valence-electron chi connectivity index (χ2n) is 8.07. The van der Waals surface area contributed by atoms with Crippen molar-refractivity contribution in [3.63, 3.8) is 0 Å². The molecule has 5 nitrogen and oxygen atoms in total. The molecule has 2 heterocycles. The van der Waals surface area contributed by atoms with E-state index in [9.17, 15) is 4.79 Å². The molecule has 0 bridgehead atoms. The van der Waals surface area contributed by atoms with Gasteiger partial charge in [0, 0.05) is 29.1 Å². The molecule has 0 radical (unpaired) electrons. The Morgan fingerprint density at radius 3 is 2.66 bits per heavy atom. The maximum absolute atomic E-state index is 13.8. The van der Waals surface area contributed by atoms with E-state index in [1.165, 1.54) is 18.2 Å². The fraction of sp³-hybridized carbons (Fsp3) is 0.333. The molecule has 8 heteroatoms. The fourth-order valence-electron chi connectivity index (χ4n) is 4.36. The van der Waals surface area contributed by atoms with E-state index in [2.05, 4.69) is 4.90 Å². The zero-order chi connectivity index (χ0) is 22.2. The monoisotopic (exact) mass is 485 g/mol. The number of carbonyl (C=O) groups excluding carboxylic acids is 1. The molecule has 0 spiro atoms. The van der Waals surface area contributed by atoms with E-state index < -0.39 is 0 Å². The third-order valence-corrected chi connectivity index (χ3v) is 8.66. The number of hydrogen-bond donors (Lipinski definition) is 0. The Bertz CT molecular complexity index is 1130. The average molecular weight is 486 g/mol. The number of ether oxygens (including phenoxy) is 1. The number of nitrogens with zero attached hydrogens (tertiary/aromatic N) is 3. The Kier molecular flexibility index (Phi) is 6.14. The summed E-state index contributed by atoms with van der Waals surface area (Å²) < 4.78 is 5.40. The van der Waals surface area contributed by atoms with Crippen LogP contribution in [0.25, 0.3) is 0 Å². The first-order valence-electron chi connectivity index (χ1n) is 10.7. The van der Waals surface area contributed by atoms with Crippen LogP contribution in [-0.2, 0) is 4.79 Å². The smallest absolute Gasteiger partial charge is 0.269 e. The van der Waals surface area contributed by atoms with Gasteiger partial charge in [0.15, 0.2) is 5.17 Å². The van der Waals surface area contributed by atoms with Crippen LogP contribution < -0.4 is 9.64 Å². The molecule has 2 aliphatic heterocycles. The van der Waals surface area contributed by atoms with Crippen molar-refractivity contribution in [1.82, 2.24) is 4.90 Å². The van der Waals surface area contributed by atoms with Gasteiger partial charge >= 0.3 is 0 Å². The van der Waals surface area contributed by atoms with Gasteiger partial charge in [-0.25, -0.2) is 4.99 Å². The van der Waals surface area contributed by atoms with Crippen LogP contribution in [0.1, 0.15) is 32.1 Å². The number of carbonyl (C=O) groups is 1. The van der Waals surface area contributed by atoms with Crippen LogP contribution in [0, 0.1) is 0 Å². The maximum atomic E-state index is 13.8. The normalized spacial score (nSPS) is 22.7. The molecule has 32 heavy (non-hydrogen) atoms. The Morgan fingerprint density at radius 2 is 1.91 bits per heavy atom. The second kappa shape index (κ2) is 9.04. The van der Waals surface area contributed by atoms with E-state index in [1.54, 1.807) is 18.9 Å². The molecule has 1 aliphatic carbocycles. The van der Waals surface area contributed by atoms with Crippen LogP contribution in [0.5, 0.6) is 5.75 Å². The van der Waals surface area contributed by atoms with Gasteiger partial charge in [0.2, 0.25) is 0 Å². The summed E-state index contributed by atoms with van der Waals surface area (Å²) in [6.45, 7) is 0. The largest absolute Gasteiger partial charge is 0.497 e. The van der Waals surface area contributed by atoms with E-state index >= 15 is 0 Å². The molecule has 0 N–H and O–H groups in total. The van der Waals surface area contributed by atoms with E-state index in [1.807, 2.05) is 54.4 Å². The van der Waals surface area contributed by atoms with Crippen molar-refractivity contribution in [2.45, 2.75) is 43.0 Å². The first-order chi connectivity index (χ1) is 15.5. The molecule has 5 rings (SSSR count). The van der Waals surface area contributed by atoms with Crippen molar-refractivity contribution in [2.24, 2.45) is 4.99 Å².